The predicted molar refractivity (Wildman–Crippen MR) is 56.8 cm³/mol. The van der Waals surface area contributed by atoms with Gasteiger partial charge in [-0.15, -0.1) is 9.24 Å². The van der Waals surface area contributed by atoms with Crippen molar-refractivity contribution >= 4 is 14.8 Å². The fourth-order valence-electron chi connectivity index (χ4n) is 1.43. The van der Waals surface area contributed by atoms with E-state index in [1.165, 1.54) is 23.0 Å². The SMILES string of the molecule is Fc1ccc(C2=C(P)CC=C2)cc1. The van der Waals surface area contributed by atoms with Crippen molar-refractivity contribution in [3.8, 4) is 0 Å². The van der Waals surface area contributed by atoms with Crippen LogP contribution in [-0.4, -0.2) is 0 Å². The predicted octanol–water partition coefficient (Wildman–Crippen LogP) is 3.37. The van der Waals surface area contributed by atoms with Crippen molar-refractivity contribution in [1.82, 2.24) is 0 Å². The number of halogens is 1. The van der Waals surface area contributed by atoms with Crippen LogP contribution < -0.4 is 0 Å². The van der Waals surface area contributed by atoms with Crippen molar-refractivity contribution in [1.29, 1.82) is 0 Å². The van der Waals surface area contributed by atoms with E-state index in [4.69, 9.17) is 0 Å². The molecule has 0 fully saturated rings. The van der Waals surface area contributed by atoms with Gasteiger partial charge in [-0.3, -0.25) is 0 Å². The van der Waals surface area contributed by atoms with Gasteiger partial charge < -0.3 is 0 Å². The van der Waals surface area contributed by atoms with Crippen molar-refractivity contribution < 1.29 is 4.39 Å². The standard InChI is InChI=1S/C11H10FP/c12-9-6-4-8(5-7-9)10-2-1-3-11(10)13/h1-2,4-7H,3,13H2. The van der Waals surface area contributed by atoms with Crippen LogP contribution in [0.15, 0.2) is 41.7 Å². The van der Waals surface area contributed by atoms with Gasteiger partial charge in [-0.05, 0) is 35.0 Å². The van der Waals surface area contributed by atoms with Crippen molar-refractivity contribution in [2.24, 2.45) is 0 Å². The minimum absolute atomic E-state index is 0.184. The van der Waals surface area contributed by atoms with Crippen LogP contribution in [0.3, 0.4) is 0 Å². The largest absolute Gasteiger partial charge is 0.207 e. The number of hydrogen-bond acceptors (Lipinski definition) is 0. The van der Waals surface area contributed by atoms with Crippen LogP contribution in [0, 0.1) is 5.82 Å². The smallest absolute Gasteiger partial charge is 0.123 e. The molecule has 2 heteroatoms. The Bertz CT molecular complexity index is 374. The van der Waals surface area contributed by atoms with Crippen LogP contribution in [0.2, 0.25) is 0 Å². The van der Waals surface area contributed by atoms with Crippen LogP contribution >= 0.6 is 9.24 Å². The lowest BCUT2D eigenvalue weighted by molar-refractivity contribution is 0.627. The van der Waals surface area contributed by atoms with E-state index in [1.54, 1.807) is 0 Å². The average Bonchev–Trinajstić information content (AvgIpc) is 2.53. The van der Waals surface area contributed by atoms with Crippen LogP contribution in [-0.2, 0) is 0 Å². The molecule has 0 saturated carbocycles. The minimum Gasteiger partial charge on any atom is -0.207 e. The summed E-state index contributed by atoms with van der Waals surface area (Å²) in [4.78, 5) is 0. The van der Waals surface area contributed by atoms with Gasteiger partial charge in [0.25, 0.3) is 0 Å². The summed E-state index contributed by atoms with van der Waals surface area (Å²) >= 11 is 0. The highest BCUT2D eigenvalue weighted by molar-refractivity contribution is 7.23. The molecule has 0 aliphatic heterocycles. The molecule has 66 valence electrons. The van der Waals surface area contributed by atoms with Crippen molar-refractivity contribution in [3.05, 3.63) is 53.1 Å². The lowest BCUT2D eigenvalue weighted by Crippen LogP contribution is -1.81. The molecular formula is C11H10FP. The van der Waals surface area contributed by atoms with Crippen LogP contribution in [0.5, 0.6) is 0 Å². The Hall–Kier alpha value is -0.940. The highest BCUT2D eigenvalue weighted by atomic mass is 31.0. The van der Waals surface area contributed by atoms with Crippen LogP contribution in [0.4, 0.5) is 4.39 Å². The fourth-order valence-corrected chi connectivity index (χ4v) is 1.83. The van der Waals surface area contributed by atoms with Crippen LogP contribution in [0.1, 0.15) is 12.0 Å². The second-order valence-corrected chi connectivity index (χ2v) is 3.75. The molecule has 1 aromatic rings. The lowest BCUT2D eigenvalue weighted by Gasteiger charge is -2.01. The monoisotopic (exact) mass is 192 g/mol. The zero-order valence-electron chi connectivity index (χ0n) is 7.13. The summed E-state index contributed by atoms with van der Waals surface area (Å²) in [5, 5.41) is 1.27. The minimum atomic E-state index is -0.184. The summed E-state index contributed by atoms with van der Waals surface area (Å²) < 4.78 is 12.6. The molecule has 1 aliphatic rings. The van der Waals surface area contributed by atoms with Gasteiger partial charge in [-0.2, -0.15) is 0 Å². The molecule has 1 unspecified atom stereocenters. The maximum absolute atomic E-state index is 12.6. The number of rotatable bonds is 1. The molecule has 13 heavy (non-hydrogen) atoms. The second-order valence-electron chi connectivity index (χ2n) is 3.05. The Morgan fingerprint density at radius 1 is 1.15 bits per heavy atom. The molecule has 0 radical (unpaired) electrons. The third-order valence-electron chi connectivity index (χ3n) is 2.12. The van der Waals surface area contributed by atoms with Crippen molar-refractivity contribution in [3.63, 3.8) is 0 Å². The zero-order chi connectivity index (χ0) is 9.26. The third kappa shape index (κ3) is 1.71. The molecule has 0 aromatic heterocycles. The van der Waals surface area contributed by atoms with E-state index in [1.807, 2.05) is 12.1 Å². The van der Waals surface area contributed by atoms with E-state index < -0.39 is 0 Å². The maximum atomic E-state index is 12.6. The summed E-state index contributed by atoms with van der Waals surface area (Å²) in [7, 11) is 2.72. The van der Waals surface area contributed by atoms with Gasteiger partial charge in [0.05, 0.1) is 0 Å². The van der Waals surface area contributed by atoms with Gasteiger partial charge in [0.15, 0.2) is 0 Å². The molecule has 1 atom stereocenters. The fraction of sp³-hybridized carbons (Fsp3) is 0.0909. The first-order valence-corrected chi connectivity index (χ1v) is 4.76. The number of allylic oxidation sites excluding steroid dienone is 4. The van der Waals surface area contributed by atoms with E-state index in [0.29, 0.717) is 0 Å². The van der Waals surface area contributed by atoms with E-state index in [9.17, 15) is 4.39 Å². The van der Waals surface area contributed by atoms with E-state index in [2.05, 4.69) is 21.4 Å². The Morgan fingerprint density at radius 3 is 2.38 bits per heavy atom. The average molecular weight is 192 g/mol. The Morgan fingerprint density at radius 2 is 1.85 bits per heavy atom. The topological polar surface area (TPSA) is 0 Å². The molecule has 0 heterocycles. The van der Waals surface area contributed by atoms with Gasteiger partial charge in [0.1, 0.15) is 5.82 Å². The number of hydrogen-bond donors (Lipinski definition) is 0. The molecule has 1 aliphatic carbocycles. The Balaban J connectivity index is 2.41. The third-order valence-corrected chi connectivity index (χ3v) is 2.67. The molecule has 1 aromatic carbocycles. The summed E-state index contributed by atoms with van der Waals surface area (Å²) in [5.41, 5.74) is 2.28. The summed E-state index contributed by atoms with van der Waals surface area (Å²) in [6.45, 7) is 0. The molecule has 0 bridgehead atoms. The first-order valence-electron chi connectivity index (χ1n) is 4.18. The van der Waals surface area contributed by atoms with Crippen molar-refractivity contribution in [2.75, 3.05) is 0 Å². The first kappa shape index (κ1) is 8.65. The summed E-state index contributed by atoms with van der Waals surface area (Å²) in [5.74, 6) is -0.184. The second kappa shape index (κ2) is 3.43. The molecular weight excluding hydrogens is 182 g/mol. The highest BCUT2D eigenvalue weighted by Crippen LogP contribution is 2.31. The summed E-state index contributed by atoms with van der Waals surface area (Å²) in [6.07, 6.45) is 5.17. The molecule has 2 rings (SSSR count). The highest BCUT2D eigenvalue weighted by Gasteiger charge is 2.06. The van der Waals surface area contributed by atoms with Gasteiger partial charge >= 0.3 is 0 Å². The van der Waals surface area contributed by atoms with Gasteiger partial charge in [-0.1, -0.05) is 24.3 Å². The quantitative estimate of drug-likeness (QED) is 0.598. The number of benzene rings is 1. The first-order chi connectivity index (χ1) is 6.27. The zero-order valence-corrected chi connectivity index (χ0v) is 8.28. The lowest BCUT2D eigenvalue weighted by atomic mass is 10.1. The molecule has 0 spiro atoms. The van der Waals surface area contributed by atoms with E-state index >= 15 is 0 Å². The molecule has 0 amide bonds. The Kier molecular flexibility index (Phi) is 2.28. The van der Waals surface area contributed by atoms with Gasteiger partial charge in [0.2, 0.25) is 0 Å². The van der Waals surface area contributed by atoms with E-state index in [-0.39, 0.29) is 5.82 Å². The molecule has 0 saturated heterocycles. The van der Waals surface area contributed by atoms with E-state index in [0.717, 1.165) is 12.0 Å². The van der Waals surface area contributed by atoms with Crippen LogP contribution in [0.25, 0.3) is 5.57 Å². The normalized spacial score (nSPS) is 15.5. The maximum Gasteiger partial charge on any atom is 0.123 e. The van der Waals surface area contributed by atoms with Gasteiger partial charge in [0, 0.05) is 0 Å². The van der Waals surface area contributed by atoms with Crippen molar-refractivity contribution in [2.45, 2.75) is 6.42 Å². The Labute approximate surface area is 79.4 Å². The molecule has 0 N–H and O–H groups in total. The molecule has 0 nitrogen and oxygen atoms in total. The van der Waals surface area contributed by atoms with Gasteiger partial charge in [-0.25, -0.2) is 4.39 Å². The summed E-state index contributed by atoms with van der Waals surface area (Å²) in [6, 6.07) is 6.60.